The van der Waals surface area contributed by atoms with Crippen molar-refractivity contribution in [3.8, 4) is 0 Å². The van der Waals surface area contributed by atoms with E-state index in [9.17, 15) is 22.8 Å². The number of carbonyl (C=O) groups excluding carboxylic acids is 1. The van der Waals surface area contributed by atoms with Crippen LogP contribution in [-0.4, -0.2) is 23.1 Å². The minimum absolute atomic E-state index is 0.0382. The first kappa shape index (κ1) is 19.5. The third-order valence-electron chi connectivity index (χ3n) is 5.31. The van der Waals surface area contributed by atoms with Crippen molar-refractivity contribution in [2.45, 2.75) is 50.2 Å². The Morgan fingerprint density at radius 3 is 2.31 bits per heavy atom. The van der Waals surface area contributed by atoms with Crippen molar-refractivity contribution in [2.75, 3.05) is 0 Å². The summed E-state index contributed by atoms with van der Waals surface area (Å²) in [6, 6.07) is 9.61. The Balaban J connectivity index is 1.69. The monoisotopic (exact) mass is 402 g/mol. The smallest absolute Gasteiger partial charge is 0.350 e. The highest BCUT2D eigenvalue weighted by Crippen LogP contribution is 2.38. The maximum Gasteiger partial charge on any atom is 0.393 e. The summed E-state index contributed by atoms with van der Waals surface area (Å²) in [4.78, 5) is 27.0. The minimum atomic E-state index is -4.27. The van der Waals surface area contributed by atoms with E-state index >= 15 is 0 Å². The van der Waals surface area contributed by atoms with E-state index in [0.29, 0.717) is 35.6 Å². The molecule has 0 bridgehead atoms. The molecule has 152 valence electrons. The van der Waals surface area contributed by atoms with Crippen LogP contribution in [0.15, 0.2) is 47.3 Å². The van der Waals surface area contributed by atoms with Gasteiger partial charge in [-0.15, -0.1) is 0 Å². The predicted molar refractivity (Wildman–Crippen MR) is 103 cm³/mol. The SMILES string of the molecule is O=C1CC[C@H](C=C(c2ccc(CC(F)(F)F)cc2)c2ccc(C3CC3)c(=O)[nH]2)N1. The summed E-state index contributed by atoms with van der Waals surface area (Å²) in [6.45, 7) is 0. The van der Waals surface area contributed by atoms with Gasteiger partial charge in [-0.05, 0) is 42.4 Å². The Bertz CT molecular complexity index is 1000. The van der Waals surface area contributed by atoms with Gasteiger partial charge in [0.2, 0.25) is 5.91 Å². The van der Waals surface area contributed by atoms with E-state index in [2.05, 4.69) is 10.3 Å². The lowest BCUT2D eigenvalue weighted by Gasteiger charge is -2.14. The van der Waals surface area contributed by atoms with Gasteiger partial charge >= 0.3 is 6.18 Å². The van der Waals surface area contributed by atoms with Gasteiger partial charge in [-0.25, -0.2) is 0 Å². The predicted octanol–water partition coefficient (Wildman–Crippen LogP) is 4.07. The van der Waals surface area contributed by atoms with E-state index in [-0.39, 0.29) is 23.1 Å². The van der Waals surface area contributed by atoms with Gasteiger partial charge in [0.1, 0.15) is 0 Å². The van der Waals surface area contributed by atoms with Crippen LogP contribution in [0.25, 0.3) is 5.57 Å². The van der Waals surface area contributed by atoms with Crippen molar-refractivity contribution in [1.82, 2.24) is 10.3 Å². The summed E-state index contributed by atoms with van der Waals surface area (Å²) in [7, 11) is 0. The number of pyridine rings is 1. The fraction of sp³-hybridized carbons (Fsp3) is 0.364. The number of H-pyrrole nitrogens is 1. The highest BCUT2D eigenvalue weighted by atomic mass is 19.4. The molecule has 1 aliphatic carbocycles. The van der Waals surface area contributed by atoms with Crippen molar-refractivity contribution in [1.29, 1.82) is 0 Å². The van der Waals surface area contributed by atoms with Crippen LogP contribution in [0, 0.1) is 0 Å². The van der Waals surface area contributed by atoms with E-state index in [4.69, 9.17) is 0 Å². The van der Waals surface area contributed by atoms with Crippen molar-refractivity contribution in [2.24, 2.45) is 0 Å². The summed E-state index contributed by atoms with van der Waals surface area (Å²) in [5, 5.41) is 2.86. The molecule has 1 saturated carbocycles. The van der Waals surface area contributed by atoms with E-state index in [0.717, 1.165) is 18.4 Å². The van der Waals surface area contributed by atoms with Crippen LogP contribution in [0.3, 0.4) is 0 Å². The number of carbonyl (C=O) groups is 1. The molecule has 1 amide bonds. The molecule has 1 atom stereocenters. The molecule has 7 heteroatoms. The fourth-order valence-corrected chi connectivity index (χ4v) is 3.70. The number of aromatic amines is 1. The standard InChI is InChI=1S/C22H21F3N2O2/c23-22(24,25)12-13-1-3-15(4-2-13)18(11-16-7-10-20(28)26-16)19-9-8-17(14-5-6-14)21(29)27-19/h1-4,8-9,11,14,16H,5-7,10,12H2,(H,26,28)(H,27,29)/t16-/m1/s1. The van der Waals surface area contributed by atoms with Crippen molar-refractivity contribution in [3.05, 3.63) is 75.2 Å². The molecule has 0 spiro atoms. The molecular formula is C22H21F3N2O2. The molecule has 1 aromatic carbocycles. The first-order valence-corrected chi connectivity index (χ1v) is 9.69. The highest BCUT2D eigenvalue weighted by molar-refractivity contribution is 5.82. The van der Waals surface area contributed by atoms with Gasteiger partial charge in [-0.1, -0.05) is 36.4 Å². The topological polar surface area (TPSA) is 62.0 Å². The van der Waals surface area contributed by atoms with E-state index in [1.54, 1.807) is 12.1 Å². The largest absolute Gasteiger partial charge is 0.393 e. The second kappa shape index (κ2) is 7.54. The Hall–Kier alpha value is -2.83. The van der Waals surface area contributed by atoms with Gasteiger partial charge < -0.3 is 10.3 Å². The maximum absolute atomic E-state index is 12.6. The molecule has 1 aromatic heterocycles. The number of benzene rings is 1. The van der Waals surface area contributed by atoms with Crippen LogP contribution in [0.4, 0.5) is 13.2 Å². The molecule has 2 heterocycles. The lowest BCUT2D eigenvalue weighted by molar-refractivity contribution is -0.127. The quantitative estimate of drug-likeness (QED) is 0.792. The Labute approximate surface area is 165 Å². The van der Waals surface area contributed by atoms with Gasteiger partial charge in [0.05, 0.1) is 6.42 Å². The Morgan fingerprint density at radius 2 is 1.76 bits per heavy atom. The highest BCUT2D eigenvalue weighted by Gasteiger charge is 2.28. The fourth-order valence-electron chi connectivity index (χ4n) is 3.70. The summed E-state index contributed by atoms with van der Waals surface area (Å²) in [5.74, 6) is 0.278. The van der Waals surface area contributed by atoms with Crippen molar-refractivity contribution in [3.63, 3.8) is 0 Å². The van der Waals surface area contributed by atoms with E-state index in [1.165, 1.54) is 12.1 Å². The van der Waals surface area contributed by atoms with Crippen molar-refractivity contribution >= 4 is 11.5 Å². The number of hydrogen-bond acceptors (Lipinski definition) is 2. The molecule has 2 aliphatic rings. The first-order valence-electron chi connectivity index (χ1n) is 9.69. The number of hydrogen-bond donors (Lipinski definition) is 2. The average Bonchev–Trinajstić information content (AvgIpc) is 3.41. The number of alkyl halides is 3. The molecule has 0 radical (unpaired) electrons. The summed E-state index contributed by atoms with van der Waals surface area (Å²) < 4.78 is 37.9. The summed E-state index contributed by atoms with van der Waals surface area (Å²) >= 11 is 0. The van der Waals surface area contributed by atoms with Crippen LogP contribution in [0.2, 0.25) is 0 Å². The van der Waals surface area contributed by atoms with E-state index < -0.39 is 12.6 Å². The summed E-state index contributed by atoms with van der Waals surface area (Å²) in [6.07, 6.45) is -0.295. The van der Waals surface area contributed by atoms with Gasteiger partial charge in [0.25, 0.3) is 5.56 Å². The second-order valence-electron chi connectivity index (χ2n) is 7.71. The Kier molecular flexibility index (Phi) is 5.06. The summed E-state index contributed by atoms with van der Waals surface area (Å²) in [5.41, 5.74) is 2.77. The number of rotatable bonds is 5. The maximum atomic E-state index is 12.6. The second-order valence-corrected chi connectivity index (χ2v) is 7.71. The van der Waals surface area contributed by atoms with Crippen LogP contribution in [0.1, 0.15) is 54.0 Å². The molecule has 2 N–H and O–H groups in total. The zero-order valence-electron chi connectivity index (χ0n) is 15.7. The molecule has 1 saturated heterocycles. The van der Waals surface area contributed by atoms with Gasteiger partial charge in [0.15, 0.2) is 0 Å². The third-order valence-corrected chi connectivity index (χ3v) is 5.31. The molecule has 2 aromatic rings. The third kappa shape index (κ3) is 4.78. The molecule has 29 heavy (non-hydrogen) atoms. The van der Waals surface area contributed by atoms with Crippen molar-refractivity contribution < 1.29 is 18.0 Å². The number of nitrogens with one attached hydrogen (secondary N) is 2. The van der Waals surface area contributed by atoms with Crippen LogP contribution in [-0.2, 0) is 11.2 Å². The molecule has 4 rings (SSSR count). The molecule has 0 unspecified atom stereocenters. The molecule has 2 fully saturated rings. The van der Waals surface area contributed by atoms with Crippen LogP contribution >= 0.6 is 0 Å². The number of amides is 1. The van der Waals surface area contributed by atoms with Gasteiger partial charge in [-0.2, -0.15) is 13.2 Å². The van der Waals surface area contributed by atoms with E-state index in [1.807, 2.05) is 18.2 Å². The first-order chi connectivity index (χ1) is 13.8. The normalized spacial score (nSPS) is 20.0. The number of aromatic nitrogens is 1. The van der Waals surface area contributed by atoms with Gasteiger partial charge in [0, 0.05) is 29.3 Å². The molecule has 4 nitrogen and oxygen atoms in total. The average molecular weight is 402 g/mol. The van der Waals surface area contributed by atoms with Crippen LogP contribution < -0.4 is 10.9 Å². The molecular weight excluding hydrogens is 381 g/mol. The lowest BCUT2D eigenvalue weighted by Crippen LogP contribution is -2.23. The van der Waals surface area contributed by atoms with Gasteiger partial charge in [-0.3, -0.25) is 9.59 Å². The number of halogens is 3. The lowest BCUT2D eigenvalue weighted by atomic mass is 9.97. The zero-order chi connectivity index (χ0) is 20.6. The minimum Gasteiger partial charge on any atom is -0.350 e. The van der Waals surface area contributed by atoms with Crippen LogP contribution in [0.5, 0.6) is 0 Å². The Morgan fingerprint density at radius 1 is 1.03 bits per heavy atom. The zero-order valence-corrected chi connectivity index (χ0v) is 15.7. The molecule has 1 aliphatic heterocycles.